The zero-order valence-electron chi connectivity index (χ0n) is 10.4. The second kappa shape index (κ2) is 4.97. The standard InChI is InChI=1S/C12H14FN5O/c1-18-3-2-7(17-18)6-16-11-4-8(12(15)19)10(14)5-9(11)13/h2-5,16H,6,14H2,1H3,(H2,15,19). The van der Waals surface area contributed by atoms with E-state index >= 15 is 0 Å². The topological polar surface area (TPSA) is 99.0 Å². The summed E-state index contributed by atoms with van der Waals surface area (Å²) in [5.74, 6) is -1.24. The van der Waals surface area contributed by atoms with Crippen LogP contribution >= 0.6 is 0 Å². The Morgan fingerprint density at radius 2 is 2.26 bits per heavy atom. The van der Waals surface area contributed by atoms with Crippen LogP contribution in [0.3, 0.4) is 0 Å². The predicted molar refractivity (Wildman–Crippen MR) is 69.9 cm³/mol. The Morgan fingerprint density at radius 3 is 2.84 bits per heavy atom. The fourth-order valence-corrected chi connectivity index (χ4v) is 1.68. The van der Waals surface area contributed by atoms with E-state index < -0.39 is 11.7 Å². The first-order valence-electron chi connectivity index (χ1n) is 5.58. The van der Waals surface area contributed by atoms with Gasteiger partial charge in [-0.3, -0.25) is 9.48 Å². The quantitative estimate of drug-likeness (QED) is 0.712. The van der Waals surface area contributed by atoms with Crippen molar-refractivity contribution in [3.8, 4) is 0 Å². The molecule has 0 spiro atoms. The van der Waals surface area contributed by atoms with Gasteiger partial charge in [0.05, 0.1) is 23.5 Å². The van der Waals surface area contributed by atoms with Crippen molar-refractivity contribution < 1.29 is 9.18 Å². The van der Waals surface area contributed by atoms with Gasteiger partial charge in [0.25, 0.3) is 5.91 Å². The number of hydrogen-bond acceptors (Lipinski definition) is 4. The van der Waals surface area contributed by atoms with Crippen molar-refractivity contribution in [2.45, 2.75) is 6.54 Å². The van der Waals surface area contributed by atoms with E-state index in [1.807, 2.05) is 0 Å². The summed E-state index contributed by atoms with van der Waals surface area (Å²) in [5, 5.41) is 7.00. The van der Waals surface area contributed by atoms with Gasteiger partial charge in [0.1, 0.15) is 5.82 Å². The average molecular weight is 263 g/mol. The van der Waals surface area contributed by atoms with E-state index in [1.54, 1.807) is 24.0 Å². The summed E-state index contributed by atoms with van der Waals surface area (Å²) in [6, 6.07) is 4.17. The number of carbonyl (C=O) groups is 1. The number of amides is 1. The van der Waals surface area contributed by atoms with Gasteiger partial charge in [0.15, 0.2) is 0 Å². The number of aromatic nitrogens is 2. The second-order valence-electron chi connectivity index (χ2n) is 4.12. The monoisotopic (exact) mass is 263 g/mol. The van der Waals surface area contributed by atoms with Gasteiger partial charge >= 0.3 is 0 Å². The molecule has 0 aliphatic heterocycles. The van der Waals surface area contributed by atoms with Gasteiger partial charge in [-0.05, 0) is 18.2 Å². The van der Waals surface area contributed by atoms with Gasteiger partial charge in [-0.25, -0.2) is 4.39 Å². The minimum Gasteiger partial charge on any atom is -0.398 e. The molecular weight excluding hydrogens is 249 g/mol. The molecule has 2 aromatic rings. The number of primary amides is 1. The molecule has 100 valence electrons. The molecule has 7 heteroatoms. The molecule has 1 aromatic heterocycles. The molecule has 1 heterocycles. The van der Waals surface area contributed by atoms with Gasteiger partial charge in [0, 0.05) is 18.9 Å². The lowest BCUT2D eigenvalue weighted by Crippen LogP contribution is -2.15. The first-order valence-corrected chi connectivity index (χ1v) is 5.58. The van der Waals surface area contributed by atoms with Gasteiger partial charge < -0.3 is 16.8 Å². The first kappa shape index (κ1) is 12.9. The van der Waals surface area contributed by atoms with Crippen LogP contribution in [0.15, 0.2) is 24.4 Å². The third kappa shape index (κ3) is 2.82. The third-order valence-electron chi connectivity index (χ3n) is 2.63. The normalized spacial score (nSPS) is 10.4. The van der Waals surface area contributed by atoms with Crippen molar-refractivity contribution >= 4 is 17.3 Å². The molecule has 0 aliphatic rings. The lowest BCUT2D eigenvalue weighted by Gasteiger charge is -2.09. The number of aryl methyl sites for hydroxylation is 1. The largest absolute Gasteiger partial charge is 0.398 e. The number of nitrogens with two attached hydrogens (primary N) is 2. The fraction of sp³-hybridized carbons (Fsp3) is 0.167. The number of rotatable bonds is 4. The highest BCUT2D eigenvalue weighted by Crippen LogP contribution is 2.22. The molecular formula is C12H14FN5O. The number of halogens is 1. The van der Waals surface area contributed by atoms with E-state index in [4.69, 9.17) is 11.5 Å². The number of hydrogen-bond donors (Lipinski definition) is 3. The maximum absolute atomic E-state index is 13.7. The molecule has 0 saturated heterocycles. The molecule has 1 aromatic carbocycles. The summed E-state index contributed by atoms with van der Waals surface area (Å²) in [7, 11) is 1.79. The number of nitrogens with one attached hydrogen (secondary N) is 1. The molecule has 0 fully saturated rings. The van der Waals surface area contributed by atoms with Gasteiger partial charge in [-0.15, -0.1) is 0 Å². The van der Waals surface area contributed by atoms with E-state index in [-0.39, 0.29) is 16.9 Å². The Morgan fingerprint density at radius 1 is 1.53 bits per heavy atom. The fourth-order valence-electron chi connectivity index (χ4n) is 1.68. The van der Waals surface area contributed by atoms with E-state index in [1.165, 1.54) is 6.07 Å². The smallest absolute Gasteiger partial charge is 0.250 e. The summed E-state index contributed by atoms with van der Waals surface area (Å²) in [4.78, 5) is 11.1. The molecule has 2 rings (SSSR count). The van der Waals surface area contributed by atoms with Crippen molar-refractivity contribution in [3.05, 3.63) is 41.5 Å². The molecule has 0 saturated carbocycles. The molecule has 0 bridgehead atoms. The van der Waals surface area contributed by atoms with Crippen LogP contribution in [0, 0.1) is 5.82 Å². The van der Waals surface area contributed by atoms with Crippen LogP contribution < -0.4 is 16.8 Å². The predicted octanol–water partition coefficient (Wildman–Crippen LogP) is 0.852. The maximum Gasteiger partial charge on any atom is 0.250 e. The molecule has 19 heavy (non-hydrogen) atoms. The van der Waals surface area contributed by atoms with Crippen molar-refractivity contribution in [2.24, 2.45) is 12.8 Å². The Labute approximate surface area is 109 Å². The van der Waals surface area contributed by atoms with Crippen LogP contribution in [0.2, 0.25) is 0 Å². The minimum absolute atomic E-state index is 0.0217. The lowest BCUT2D eigenvalue weighted by atomic mass is 10.1. The summed E-state index contributed by atoms with van der Waals surface area (Å²) in [6.07, 6.45) is 1.78. The Hall–Kier alpha value is -2.57. The van der Waals surface area contributed by atoms with Crippen LogP contribution in [0.5, 0.6) is 0 Å². The van der Waals surface area contributed by atoms with E-state index in [0.29, 0.717) is 6.54 Å². The summed E-state index contributed by atoms with van der Waals surface area (Å²) >= 11 is 0. The zero-order chi connectivity index (χ0) is 14.0. The second-order valence-corrected chi connectivity index (χ2v) is 4.12. The number of nitrogen functional groups attached to an aromatic ring is 1. The average Bonchev–Trinajstić information content (AvgIpc) is 2.73. The van der Waals surface area contributed by atoms with Crippen LogP contribution in [0.4, 0.5) is 15.8 Å². The lowest BCUT2D eigenvalue weighted by molar-refractivity contribution is 0.100. The molecule has 0 atom stereocenters. The minimum atomic E-state index is -0.696. The van der Waals surface area contributed by atoms with E-state index in [9.17, 15) is 9.18 Å². The molecule has 5 N–H and O–H groups in total. The molecule has 0 radical (unpaired) electrons. The number of anilines is 2. The van der Waals surface area contributed by atoms with Crippen molar-refractivity contribution in [1.29, 1.82) is 0 Å². The summed E-state index contributed by atoms with van der Waals surface area (Å²) in [6.45, 7) is 0.333. The highest BCUT2D eigenvalue weighted by Gasteiger charge is 2.11. The van der Waals surface area contributed by atoms with Crippen molar-refractivity contribution in [3.63, 3.8) is 0 Å². The molecule has 0 aliphatic carbocycles. The van der Waals surface area contributed by atoms with Crippen LogP contribution in [0.1, 0.15) is 16.1 Å². The summed E-state index contributed by atoms with van der Waals surface area (Å²) < 4.78 is 15.3. The zero-order valence-corrected chi connectivity index (χ0v) is 10.4. The van der Waals surface area contributed by atoms with E-state index in [2.05, 4.69) is 10.4 Å². The first-order chi connectivity index (χ1) is 8.97. The van der Waals surface area contributed by atoms with E-state index in [0.717, 1.165) is 11.8 Å². The van der Waals surface area contributed by atoms with Crippen LogP contribution in [-0.4, -0.2) is 15.7 Å². The molecule has 1 amide bonds. The Bertz CT molecular complexity index is 623. The SMILES string of the molecule is Cn1ccc(CNc2cc(C(N)=O)c(N)cc2F)n1. The molecule has 6 nitrogen and oxygen atoms in total. The maximum atomic E-state index is 13.7. The van der Waals surface area contributed by atoms with Crippen molar-refractivity contribution in [2.75, 3.05) is 11.1 Å². The van der Waals surface area contributed by atoms with Gasteiger partial charge in [-0.1, -0.05) is 0 Å². The van der Waals surface area contributed by atoms with Crippen molar-refractivity contribution in [1.82, 2.24) is 9.78 Å². The number of carbonyl (C=O) groups excluding carboxylic acids is 1. The Kier molecular flexibility index (Phi) is 3.37. The number of benzene rings is 1. The van der Waals surface area contributed by atoms with Crippen LogP contribution in [-0.2, 0) is 13.6 Å². The Balaban J connectivity index is 2.20. The number of nitrogens with zero attached hydrogens (tertiary/aromatic N) is 2. The van der Waals surface area contributed by atoms with Gasteiger partial charge in [0.2, 0.25) is 0 Å². The third-order valence-corrected chi connectivity index (χ3v) is 2.63. The molecule has 0 unspecified atom stereocenters. The van der Waals surface area contributed by atoms with Gasteiger partial charge in [-0.2, -0.15) is 5.10 Å². The van der Waals surface area contributed by atoms with Crippen LogP contribution in [0.25, 0.3) is 0 Å². The summed E-state index contributed by atoms with van der Waals surface area (Å²) in [5.41, 5.74) is 11.7. The highest BCUT2D eigenvalue weighted by molar-refractivity contribution is 5.99. The highest BCUT2D eigenvalue weighted by atomic mass is 19.1.